The Hall–Kier alpha value is -0.610. The zero-order valence-corrected chi connectivity index (χ0v) is 10.7. The number of carbonyl (C=O) groups excluding carboxylic acids is 1. The number of esters is 1. The smallest absolute Gasteiger partial charge is 0.326 e. The average Bonchev–Trinajstić information content (AvgIpc) is 2.16. The summed E-state index contributed by atoms with van der Waals surface area (Å²) in [6.07, 6.45) is 1.65. The zero-order valence-electron chi connectivity index (χ0n) is 10.7. The molecule has 1 fully saturated rings. The van der Waals surface area contributed by atoms with Crippen LogP contribution in [0.25, 0.3) is 0 Å². The van der Waals surface area contributed by atoms with Crippen molar-refractivity contribution >= 4 is 5.97 Å². The molecule has 1 rings (SSSR count). The first-order valence-corrected chi connectivity index (χ1v) is 5.83. The molecule has 4 nitrogen and oxygen atoms in total. The van der Waals surface area contributed by atoms with Gasteiger partial charge >= 0.3 is 5.97 Å². The summed E-state index contributed by atoms with van der Waals surface area (Å²) in [5.41, 5.74) is 4.72. The lowest BCUT2D eigenvalue weighted by molar-refractivity contribution is -0.164. The molecule has 16 heavy (non-hydrogen) atoms. The maximum atomic E-state index is 12.0. The molecular weight excluding hydrogens is 206 g/mol. The van der Waals surface area contributed by atoms with Gasteiger partial charge in [0.2, 0.25) is 0 Å². The minimum absolute atomic E-state index is 0.149. The second kappa shape index (κ2) is 4.72. The van der Waals surface area contributed by atoms with Crippen molar-refractivity contribution < 1.29 is 14.3 Å². The van der Waals surface area contributed by atoms with E-state index in [0.29, 0.717) is 13.2 Å². The van der Waals surface area contributed by atoms with Gasteiger partial charge in [0.15, 0.2) is 0 Å². The molecule has 1 heterocycles. The molecule has 0 aliphatic carbocycles. The summed E-state index contributed by atoms with van der Waals surface area (Å²) in [7, 11) is 0. The fourth-order valence-electron chi connectivity index (χ4n) is 1.85. The first-order valence-electron chi connectivity index (χ1n) is 5.83. The first kappa shape index (κ1) is 13.5. The summed E-state index contributed by atoms with van der Waals surface area (Å²) in [6, 6.07) is 0. The van der Waals surface area contributed by atoms with Gasteiger partial charge in [-0.2, -0.15) is 0 Å². The lowest BCUT2D eigenvalue weighted by Crippen LogP contribution is -2.55. The summed E-state index contributed by atoms with van der Waals surface area (Å²) < 4.78 is 10.6. The van der Waals surface area contributed by atoms with Crippen LogP contribution in [0.2, 0.25) is 0 Å². The highest BCUT2D eigenvalue weighted by Crippen LogP contribution is 2.27. The van der Waals surface area contributed by atoms with Crippen LogP contribution >= 0.6 is 0 Å². The van der Waals surface area contributed by atoms with Gasteiger partial charge in [0.25, 0.3) is 0 Å². The van der Waals surface area contributed by atoms with Crippen molar-refractivity contribution in [2.24, 2.45) is 11.7 Å². The van der Waals surface area contributed by atoms with Crippen LogP contribution in [-0.4, -0.2) is 30.3 Å². The molecule has 1 atom stereocenters. The molecule has 1 aliphatic heterocycles. The molecule has 0 radical (unpaired) electrons. The molecule has 94 valence electrons. The van der Waals surface area contributed by atoms with E-state index in [1.165, 1.54) is 0 Å². The van der Waals surface area contributed by atoms with Gasteiger partial charge in [-0.15, -0.1) is 0 Å². The van der Waals surface area contributed by atoms with Crippen LogP contribution in [0.1, 0.15) is 40.5 Å². The van der Waals surface area contributed by atoms with Gasteiger partial charge in [-0.05, 0) is 46.5 Å². The van der Waals surface area contributed by atoms with Crippen molar-refractivity contribution in [3.63, 3.8) is 0 Å². The van der Waals surface area contributed by atoms with E-state index in [2.05, 4.69) is 0 Å². The van der Waals surface area contributed by atoms with Crippen LogP contribution in [-0.2, 0) is 14.3 Å². The Kier molecular flexibility index (Phi) is 3.97. The zero-order chi connectivity index (χ0) is 12.4. The third-order valence-electron chi connectivity index (χ3n) is 2.91. The molecule has 0 saturated carbocycles. The van der Waals surface area contributed by atoms with Crippen LogP contribution in [0.3, 0.4) is 0 Å². The molecule has 4 heteroatoms. The van der Waals surface area contributed by atoms with Gasteiger partial charge in [-0.3, -0.25) is 4.79 Å². The Morgan fingerprint density at radius 3 is 2.19 bits per heavy atom. The van der Waals surface area contributed by atoms with Crippen LogP contribution in [0.15, 0.2) is 0 Å². The molecule has 0 aromatic heterocycles. The van der Waals surface area contributed by atoms with Gasteiger partial charge in [-0.25, -0.2) is 0 Å². The number of rotatable bonds is 2. The lowest BCUT2D eigenvalue weighted by Gasteiger charge is -2.36. The molecule has 0 spiro atoms. The topological polar surface area (TPSA) is 61.5 Å². The summed E-state index contributed by atoms with van der Waals surface area (Å²) >= 11 is 0. The third-order valence-corrected chi connectivity index (χ3v) is 2.91. The van der Waals surface area contributed by atoms with Crippen LogP contribution in [0, 0.1) is 5.92 Å². The van der Waals surface area contributed by atoms with E-state index in [4.69, 9.17) is 15.2 Å². The van der Waals surface area contributed by atoms with Crippen molar-refractivity contribution in [3.05, 3.63) is 0 Å². The van der Waals surface area contributed by atoms with E-state index in [9.17, 15) is 4.79 Å². The largest absolute Gasteiger partial charge is 0.459 e. The van der Waals surface area contributed by atoms with Crippen molar-refractivity contribution in [3.8, 4) is 0 Å². The van der Waals surface area contributed by atoms with Crippen molar-refractivity contribution in [1.82, 2.24) is 0 Å². The number of carbonyl (C=O) groups is 1. The molecule has 1 aliphatic rings. The SMILES string of the molecule is CC(C)(C)OC(=O)C(C)(N)C1CCOCC1. The Morgan fingerprint density at radius 2 is 1.75 bits per heavy atom. The van der Waals surface area contributed by atoms with Gasteiger partial charge in [-0.1, -0.05) is 0 Å². The van der Waals surface area contributed by atoms with Crippen LogP contribution in [0.4, 0.5) is 0 Å². The molecule has 1 unspecified atom stereocenters. The Bertz CT molecular complexity index is 249. The lowest BCUT2D eigenvalue weighted by atomic mass is 9.81. The molecule has 0 aromatic carbocycles. The Morgan fingerprint density at radius 1 is 1.25 bits per heavy atom. The highest BCUT2D eigenvalue weighted by Gasteiger charge is 2.41. The Balaban J connectivity index is 2.64. The van der Waals surface area contributed by atoms with E-state index < -0.39 is 11.1 Å². The number of hydrogen-bond donors (Lipinski definition) is 1. The predicted octanol–water partition coefficient (Wildman–Crippen LogP) is 1.47. The summed E-state index contributed by atoms with van der Waals surface area (Å²) in [5, 5.41) is 0. The average molecular weight is 229 g/mol. The van der Waals surface area contributed by atoms with Gasteiger partial charge in [0, 0.05) is 13.2 Å². The predicted molar refractivity (Wildman–Crippen MR) is 62.0 cm³/mol. The molecular formula is C12H23NO3. The van der Waals surface area contributed by atoms with Gasteiger partial charge < -0.3 is 15.2 Å². The maximum absolute atomic E-state index is 12.0. The minimum atomic E-state index is -0.906. The fraction of sp³-hybridized carbons (Fsp3) is 0.917. The van der Waals surface area contributed by atoms with Gasteiger partial charge in [0.05, 0.1) is 0 Å². The summed E-state index contributed by atoms with van der Waals surface area (Å²) in [5.74, 6) is -0.164. The van der Waals surface area contributed by atoms with E-state index in [0.717, 1.165) is 12.8 Å². The second-order valence-electron chi connectivity index (χ2n) is 5.67. The minimum Gasteiger partial charge on any atom is -0.459 e. The number of nitrogens with two attached hydrogens (primary N) is 1. The van der Waals surface area contributed by atoms with E-state index in [1.54, 1.807) is 6.92 Å². The quantitative estimate of drug-likeness (QED) is 0.728. The number of ether oxygens (including phenoxy) is 2. The summed E-state index contributed by atoms with van der Waals surface area (Å²) in [6.45, 7) is 8.68. The molecule has 0 amide bonds. The van der Waals surface area contributed by atoms with Crippen molar-refractivity contribution in [2.45, 2.75) is 51.7 Å². The van der Waals surface area contributed by atoms with Crippen molar-refractivity contribution in [1.29, 1.82) is 0 Å². The fourth-order valence-corrected chi connectivity index (χ4v) is 1.85. The monoisotopic (exact) mass is 229 g/mol. The third kappa shape index (κ3) is 3.46. The van der Waals surface area contributed by atoms with E-state index >= 15 is 0 Å². The van der Waals surface area contributed by atoms with Crippen LogP contribution < -0.4 is 5.73 Å². The Labute approximate surface area is 97.5 Å². The molecule has 0 bridgehead atoms. The maximum Gasteiger partial charge on any atom is 0.326 e. The summed E-state index contributed by atoms with van der Waals surface area (Å²) in [4.78, 5) is 12.0. The standard InChI is InChI=1S/C12H23NO3/c1-11(2,3)16-10(14)12(4,13)9-5-7-15-8-6-9/h9H,5-8,13H2,1-4H3. The highest BCUT2D eigenvalue weighted by atomic mass is 16.6. The molecule has 0 aromatic rings. The molecule has 2 N–H and O–H groups in total. The highest BCUT2D eigenvalue weighted by molar-refractivity contribution is 5.80. The van der Waals surface area contributed by atoms with Gasteiger partial charge in [0.1, 0.15) is 11.1 Å². The first-order chi connectivity index (χ1) is 7.23. The van der Waals surface area contributed by atoms with Crippen molar-refractivity contribution in [2.75, 3.05) is 13.2 Å². The molecule has 1 saturated heterocycles. The normalized spacial score (nSPS) is 22.6. The van der Waals surface area contributed by atoms with E-state index in [-0.39, 0.29) is 11.9 Å². The second-order valence-corrected chi connectivity index (χ2v) is 5.67. The number of hydrogen-bond acceptors (Lipinski definition) is 4. The van der Waals surface area contributed by atoms with Crippen LogP contribution in [0.5, 0.6) is 0 Å². The van der Waals surface area contributed by atoms with E-state index in [1.807, 2.05) is 20.8 Å².